The summed E-state index contributed by atoms with van der Waals surface area (Å²) in [5, 5.41) is 0.703. The fourth-order valence-electron chi connectivity index (χ4n) is 1.91. The Morgan fingerprint density at radius 2 is 2.12 bits per heavy atom. The molecule has 1 amide bonds. The van der Waals surface area contributed by atoms with E-state index in [0.29, 0.717) is 42.4 Å². The van der Waals surface area contributed by atoms with Crippen LogP contribution in [0.5, 0.6) is 0 Å². The number of carbonyl (C=O) groups excluding carboxylic acids is 1. The molecule has 0 atom stereocenters. The van der Waals surface area contributed by atoms with Crippen molar-refractivity contribution >= 4 is 11.6 Å². The quantitative estimate of drug-likeness (QED) is 0.815. The van der Waals surface area contributed by atoms with E-state index in [1.165, 1.54) is 6.07 Å². The molecule has 1 aliphatic rings. The minimum Gasteiger partial charge on any atom is -0.381 e. The lowest BCUT2D eigenvalue weighted by atomic mass is 10.1. The van der Waals surface area contributed by atoms with Gasteiger partial charge in [-0.05, 0) is 31.0 Å². The number of hydrogen-bond donors (Lipinski definition) is 1. The number of primary amides is 1. The standard InChI is InChI=1S/C12H15FN2O2/c13-15(10-4-6-17-7-5-10)11-3-1-2-9(8-11)12(14)16/h1-3,8,10H,4-7H2,(H2,14,16). The van der Waals surface area contributed by atoms with Crippen molar-refractivity contribution in [3.63, 3.8) is 0 Å². The Hall–Kier alpha value is -1.62. The van der Waals surface area contributed by atoms with Crippen LogP contribution in [0.2, 0.25) is 0 Å². The molecule has 0 spiro atoms. The molecule has 0 unspecified atom stereocenters. The largest absolute Gasteiger partial charge is 0.381 e. The van der Waals surface area contributed by atoms with E-state index in [-0.39, 0.29) is 6.04 Å². The smallest absolute Gasteiger partial charge is 0.248 e. The predicted octanol–water partition coefficient (Wildman–Crippen LogP) is 1.66. The molecule has 1 fully saturated rings. The van der Waals surface area contributed by atoms with Crippen LogP contribution in [-0.2, 0) is 4.74 Å². The summed E-state index contributed by atoms with van der Waals surface area (Å²) >= 11 is 0. The van der Waals surface area contributed by atoms with Gasteiger partial charge in [-0.2, -0.15) is 0 Å². The Kier molecular flexibility index (Phi) is 3.58. The molecule has 2 N–H and O–H groups in total. The van der Waals surface area contributed by atoms with Gasteiger partial charge in [-0.15, -0.1) is 0 Å². The van der Waals surface area contributed by atoms with Gasteiger partial charge in [-0.1, -0.05) is 10.5 Å². The van der Waals surface area contributed by atoms with Crippen LogP contribution < -0.4 is 10.9 Å². The van der Waals surface area contributed by atoms with Crippen LogP contribution in [0.4, 0.5) is 10.2 Å². The average Bonchev–Trinajstić information content (AvgIpc) is 2.39. The van der Waals surface area contributed by atoms with Gasteiger partial charge in [0.2, 0.25) is 5.91 Å². The summed E-state index contributed by atoms with van der Waals surface area (Å²) in [4.78, 5) is 11.0. The first-order valence-corrected chi connectivity index (χ1v) is 5.61. The number of nitrogens with two attached hydrogens (primary N) is 1. The molecule has 0 radical (unpaired) electrons. The zero-order valence-corrected chi connectivity index (χ0v) is 9.43. The van der Waals surface area contributed by atoms with Gasteiger partial charge in [-0.25, -0.2) is 5.12 Å². The maximum Gasteiger partial charge on any atom is 0.248 e. The average molecular weight is 238 g/mol. The first-order chi connectivity index (χ1) is 8.18. The fraction of sp³-hybridized carbons (Fsp3) is 0.417. The van der Waals surface area contributed by atoms with Crippen molar-refractivity contribution < 1.29 is 14.0 Å². The Balaban J connectivity index is 2.14. The van der Waals surface area contributed by atoms with E-state index < -0.39 is 5.91 Å². The lowest BCUT2D eigenvalue weighted by molar-refractivity contribution is 0.0743. The number of ether oxygens (including phenoxy) is 1. The Morgan fingerprint density at radius 3 is 2.76 bits per heavy atom. The number of halogens is 1. The molecule has 1 aromatic carbocycles. The highest BCUT2D eigenvalue weighted by Crippen LogP contribution is 2.24. The predicted molar refractivity (Wildman–Crippen MR) is 62.4 cm³/mol. The number of rotatable bonds is 3. The minimum absolute atomic E-state index is 0.188. The molecule has 4 nitrogen and oxygen atoms in total. The number of benzene rings is 1. The van der Waals surface area contributed by atoms with Gasteiger partial charge in [0.15, 0.2) is 0 Å². The molecule has 0 aliphatic carbocycles. The molecule has 0 aromatic heterocycles. The third kappa shape index (κ3) is 2.74. The summed E-state index contributed by atoms with van der Waals surface area (Å²) in [6.07, 6.45) is 1.30. The highest BCUT2D eigenvalue weighted by molar-refractivity contribution is 5.93. The molecule has 2 rings (SSSR count). The number of amides is 1. The van der Waals surface area contributed by atoms with Gasteiger partial charge in [0.25, 0.3) is 0 Å². The minimum atomic E-state index is -0.549. The van der Waals surface area contributed by atoms with Crippen molar-refractivity contribution in [2.45, 2.75) is 18.9 Å². The van der Waals surface area contributed by atoms with E-state index in [0.717, 1.165) is 0 Å². The second-order valence-electron chi connectivity index (χ2n) is 4.07. The lowest BCUT2D eigenvalue weighted by Gasteiger charge is -2.28. The zero-order chi connectivity index (χ0) is 12.3. The van der Waals surface area contributed by atoms with Crippen molar-refractivity contribution in [3.05, 3.63) is 29.8 Å². The molecule has 1 aromatic rings. The first-order valence-electron chi connectivity index (χ1n) is 5.61. The Morgan fingerprint density at radius 1 is 1.41 bits per heavy atom. The van der Waals surface area contributed by atoms with Crippen LogP contribution in [0, 0.1) is 0 Å². The van der Waals surface area contributed by atoms with E-state index in [1.54, 1.807) is 18.2 Å². The summed E-state index contributed by atoms with van der Waals surface area (Å²) < 4.78 is 19.3. The molecular formula is C12H15FN2O2. The summed E-state index contributed by atoms with van der Waals surface area (Å²) in [5.74, 6) is -0.549. The monoisotopic (exact) mass is 238 g/mol. The second kappa shape index (κ2) is 5.14. The molecule has 0 saturated carbocycles. The van der Waals surface area contributed by atoms with E-state index in [2.05, 4.69) is 0 Å². The van der Waals surface area contributed by atoms with Crippen LogP contribution in [0.3, 0.4) is 0 Å². The van der Waals surface area contributed by atoms with Gasteiger partial charge < -0.3 is 10.5 Å². The summed E-state index contributed by atoms with van der Waals surface area (Å²) in [7, 11) is 0. The third-order valence-corrected chi connectivity index (χ3v) is 2.89. The number of carbonyl (C=O) groups is 1. The van der Waals surface area contributed by atoms with Crippen LogP contribution in [0.15, 0.2) is 24.3 Å². The Labute approximate surface area is 99.1 Å². The summed E-state index contributed by atoms with van der Waals surface area (Å²) in [6, 6.07) is 6.11. The van der Waals surface area contributed by atoms with Gasteiger partial charge in [-0.3, -0.25) is 4.79 Å². The molecule has 17 heavy (non-hydrogen) atoms. The Bertz CT molecular complexity index is 405. The molecule has 1 saturated heterocycles. The lowest BCUT2D eigenvalue weighted by Crippen LogP contribution is -2.34. The molecule has 92 valence electrons. The first kappa shape index (κ1) is 11.9. The van der Waals surface area contributed by atoms with Gasteiger partial charge in [0.1, 0.15) is 0 Å². The molecule has 1 heterocycles. The van der Waals surface area contributed by atoms with Crippen LogP contribution in [-0.4, -0.2) is 25.2 Å². The van der Waals surface area contributed by atoms with Crippen molar-refractivity contribution in [3.8, 4) is 0 Å². The summed E-state index contributed by atoms with van der Waals surface area (Å²) in [6.45, 7) is 1.14. The van der Waals surface area contributed by atoms with Crippen molar-refractivity contribution in [1.29, 1.82) is 0 Å². The van der Waals surface area contributed by atoms with Gasteiger partial charge in [0.05, 0.1) is 11.7 Å². The second-order valence-corrected chi connectivity index (χ2v) is 4.07. The molecular weight excluding hydrogens is 223 g/mol. The van der Waals surface area contributed by atoms with Crippen LogP contribution in [0.25, 0.3) is 0 Å². The highest BCUT2D eigenvalue weighted by Gasteiger charge is 2.22. The number of nitrogens with zero attached hydrogens (tertiary/aromatic N) is 1. The van der Waals surface area contributed by atoms with E-state index in [1.807, 2.05) is 0 Å². The van der Waals surface area contributed by atoms with Crippen LogP contribution >= 0.6 is 0 Å². The molecule has 1 aliphatic heterocycles. The van der Waals surface area contributed by atoms with Crippen LogP contribution in [0.1, 0.15) is 23.2 Å². The van der Waals surface area contributed by atoms with Gasteiger partial charge >= 0.3 is 0 Å². The van der Waals surface area contributed by atoms with E-state index in [9.17, 15) is 9.28 Å². The fourth-order valence-corrected chi connectivity index (χ4v) is 1.91. The van der Waals surface area contributed by atoms with Crippen molar-refractivity contribution in [1.82, 2.24) is 0 Å². The van der Waals surface area contributed by atoms with Crippen molar-refractivity contribution in [2.24, 2.45) is 5.73 Å². The number of anilines is 1. The summed E-state index contributed by atoms with van der Waals surface area (Å²) in [5.41, 5.74) is 5.85. The van der Waals surface area contributed by atoms with Crippen molar-refractivity contribution in [2.75, 3.05) is 18.3 Å². The maximum absolute atomic E-state index is 14.1. The highest BCUT2D eigenvalue weighted by atomic mass is 19.2. The maximum atomic E-state index is 14.1. The van der Waals surface area contributed by atoms with E-state index >= 15 is 0 Å². The SMILES string of the molecule is NC(=O)c1cccc(N(F)C2CCOCC2)c1. The molecule has 0 bridgehead atoms. The van der Waals surface area contributed by atoms with E-state index in [4.69, 9.17) is 10.5 Å². The van der Waals surface area contributed by atoms with Gasteiger partial charge in [0, 0.05) is 18.8 Å². The molecule has 5 heteroatoms. The number of hydrogen-bond acceptors (Lipinski definition) is 3. The topological polar surface area (TPSA) is 55.6 Å². The third-order valence-electron chi connectivity index (χ3n) is 2.89. The zero-order valence-electron chi connectivity index (χ0n) is 9.43. The normalized spacial score (nSPS) is 16.8.